The standard InChI is InChI=1S/C7H3F3/c8-7(9,10)6-4-2-1-3-5-6/h1-2,4H. The number of hydrogen-bond acceptors (Lipinski definition) is 0. The molecule has 0 spiro atoms. The van der Waals surface area contributed by atoms with E-state index >= 15 is 0 Å². The van der Waals surface area contributed by atoms with Crippen LogP contribution in [0.1, 0.15) is 5.56 Å². The second-order valence-electron chi connectivity index (χ2n) is 1.71. The average molecular weight is 144 g/mol. The Hall–Kier alpha value is -1.17. The second kappa shape index (κ2) is 2.22. The molecule has 0 heterocycles. The van der Waals surface area contributed by atoms with Crippen LogP contribution in [0.5, 0.6) is 0 Å². The van der Waals surface area contributed by atoms with Crippen molar-refractivity contribution < 1.29 is 13.2 Å². The molecule has 1 aromatic carbocycles. The van der Waals surface area contributed by atoms with Gasteiger partial charge in [0.2, 0.25) is 0 Å². The Morgan fingerprint density at radius 1 is 1.30 bits per heavy atom. The van der Waals surface area contributed by atoms with E-state index in [1.807, 2.05) is 6.07 Å². The number of rotatable bonds is 0. The SMILES string of the molecule is FC(F)(F)c1c#cccc1. The molecule has 0 bridgehead atoms. The number of hydrogen-bond donors (Lipinski definition) is 0. The van der Waals surface area contributed by atoms with Gasteiger partial charge in [-0.3, -0.25) is 0 Å². The summed E-state index contributed by atoms with van der Waals surface area (Å²) in [7, 11) is 0. The topological polar surface area (TPSA) is 0 Å². The zero-order valence-electron chi connectivity index (χ0n) is 4.87. The van der Waals surface area contributed by atoms with Crippen molar-refractivity contribution in [2.45, 2.75) is 6.18 Å². The first kappa shape index (κ1) is 6.94. The van der Waals surface area contributed by atoms with Crippen LogP contribution in [-0.2, 0) is 6.18 Å². The third-order valence-electron chi connectivity index (χ3n) is 0.955. The van der Waals surface area contributed by atoms with Crippen LogP contribution in [0.2, 0.25) is 0 Å². The van der Waals surface area contributed by atoms with Gasteiger partial charge in [-0.05, 0) is 12.1 Å². The summed E-state index contributed by atoms with van der Waals surface area (Å²) in [6.45, 7) is 0. The third-order valence-corrected chi connectivity index (χ3v) is 0.955. The summed E-state index contributed by atoms with van der Waals surface area (Å²) < 4.78 is 35.2. The summed E-state index contributed by atoms with van der Waals surface area (Å²) in [5.74, 6) is 0. The Balaban J connectivity index is 2.97. The highest BCUT2D eigenvalue weighted by Gasteiger charge is 2.30. The predicted octanol–water partition coefficient (Wildman–Crippen LogP) is 2.31. The van der Waals surface area contributed by atoms with Gasteiger partial charge in [0.05, 0.1) is 0 Å². The van der Waals surface area contributed by atoms with Crippen LogP contribution in [0.25, 0.3) is 0 Å². The molecule has 0 radical (unpaired) electrons. The average Bonchev–Trinajstić information content (AvgIpc) is 1.88. The van der Waals surface area contributed by atoms with Gasteiger partial charge < -0.3 is 0 Å². The van der Waals surface area contributed by atoms with Crippen LogP contribution in [0.3, 0.4) is 0 Å². The van der Waals surface area contributed by atoms with Crippen LogP contribution in [0.4, 0.5) is 13.2 Å². The smallest absolute Gasteiger partial charge is 0.165 e. The van der Waals surface area contributed by atoms with E-state index in [1.165, 1.54) is 12.1 Å². The van der Waals surface area contributed by atoms with E-state index in [9.17, 15) is 13.2 Å². The van der Waals surface area contributed by atoms with Crippen LogP contribution in [-0.4, -0.2) is 0 Å². The molecule has 0 N–H and O–H groups in total. The van der Waals surface area contributed by atoms with Gasteiger partial charge in [0.1, 0.15) is 5.56 Å². The van der Waals surface area contributed by atoms with E-state index in [-0.39, 0.29) is 0 Å². The van der Waals surface area contributed by atoms with Gasteiger partial charge >= 0.3 is 6.18 Å². The Bertz CT molecular complexity index is 200. The normalized spacial score (nSPS) is 10.7. The van der Waals surface area contributed by atoms with Gasteiger partial charge in [-0.15, -0.1) is 0 Å². The molecule has 0 saturated carbocycles. The lowest BCUT2D eigenvalue weighted by atomic mass is 10.2. The molecule has 0 aromatic heterocycles. The molecule has 0 aliphatic carbocycles. The molecule has 0 aliphatic rings. The highest BCUT2D eigenvalue weighted by molar-refractivity contribution is 5.10. The lowest BCUT2D eigenvalue weighted by Gasteiger charge is -2.00. The van der Waals surface area contributed by atoms with E-state index in [0.717, 1.165) is 6.07 Å². The fourth-order valence-corrected chi connectivity index (χ4v) is 0.519. The largest absolute Gasteiger partial charge is 0.424 e. The summed E-state index contributed by atoms with van der Waals surface area (Å²) in [6.07, 6.45) is -4.29. The third kappa shape index (κ3) is 1.41. The molecular weight excluding hydrogens is 141 g/mol. The molecule has 1 rings (SSSR count). The van der Waals surface area contributed by atoms with Gasteiger partial charge in [-0.2, -0.15) is 13.2 Å². The monoisotopic (exact) mass is 144 g/mol. The summed E-state index contributed by atoms with van der Waals surface area (Å²) >= 11 is 0. The van der Waals surface area contributed by atoms with E-state index in [1.54, 1.807) is 0 Å². The molecule has 3 heteroatoms. The van der Waals surface area contributed by atoms with Crippen molar-refractivity contribution in [3.05, 3.63) is 35.9 Å². The maximum Gasteiger partial charge on any atom is 0.424 e. The van der Waals surface area contributed by atoms with Crippen molar-refractivity contribution in [1.29, 1.82) is 0 Å². The van der Waals surface area contributed by atoms with Crippen molar-refractivity contribution in [1.82, 2.24) is 0 Å². The number of halogens is 3. The molecule has 10 heavy (non-hydrogen) atoms. The van der Waals surface area contributed by atoms with Crippen molar-refractivity contribution in [2.24, 2.45) is 0 Å². The number of alkyl halides is 3. The minimum atomic E-state index is -4.29. The van der Waals surface area contributed by atoms with Gasteiger partial charge in [0, 0.05) is 0 Å². The summed E-state index contributed by atoms with van der Waals surface area (Å²) in [6, 6.07) is 7.78. The first-order valence-corrected chi connectivity index (χ1v) is 2.56. The molecule has 1 aromatic rings. The molecule has 52 valence electrons. The molecule has 0 amide bonds. The lowest BCUT2D eigenvalue weighted by molar-refractivity contribution is -0.137. The summed E-state index contributed by atoms with van der Waals surface area (Å²) in [4.78, 5) is 0. The predicted molar refractivity (Wildman–Crippen MR) is 29.1 cm³/mol. The van der Waals surface area contributed by atoms with Crippen molar-refractivity contribution in [2.75, 3.05) is 0 Å². The minimum Gasteiger partial charge on any atom is -0.165 e. The van der Waals surface area contributed by atoms with E-state index in [0.29, 0.717) is 0 Å². The lowest BCUT2D eigenvalue weighted by Crippen LogP contribution is -2.02. The first-order chi connectivity index (χ1) is 4.61. The Morgan fingerprint density at radius 2 is 2.00 bits per heavy atom. The van der Waals surface area contributed by atoms with Crippen LogP contribution < -0.4 is 0 Å². The zero-order chi connectivity index (χ0) is 7.61. The van der Waals surface area contributed by atoms with Crippen LogP contribution in [0.15, 0.2) is 18.2 Å². The fourth-order valence-electron chi connectivity index (χ4n) is 0.519. The zero-order valence-corrected chi connectivity index (χ0v) is 4.87. The highest BCUT2D eigenvalue weighted by atomic mass is 19.4. The molecule has 0 atom stereocenters. The van der Waals surface area contributed by atoms with E-state index < -0.39 is 11.7 Å². The molecule has 0 aliphatic heterocycles. The van der Waals surface area contributed by atoms with Crippen LogP contribution >= 0.6 is 0 Å². The minimum absolute atomic E-state index is 0.782. The van der Waals surface area contributed by atoms with Gasteiger partial charge in [0.15, 0.2) is 0 Å². The molecule has 0 fully saturated rings. The molecule has 0 unspecified atom stereocenters. The summed E-state index contributed by atoms with van der Waals surface area (Å²) in [5.41, 5.74) is -0.782. The van der Waals surface area contributed by atoms with Crippen molar-refractivity contribution in [3.63, 3.8) is 0 Å². The van der Waals surface area contributed by atoms with Gasteiger partial charge in [-0.25, -0.2) is 0 Å². The van der Waals surface area contributed by atoms with Gasteiger partial charge in [0.25, 0.3) is 0 Å². The van der Waals surface area contributed by atoms with Crippen LogP contribution in [0, 0.1) is 12.1 Å². The Morgan fingerprint density at radius 3 is 2.30 bits per heavy atom. The van der Waals surface area contributed by atoms with Crippen molar-refractivity contribution >= 4 is 0 Å². The van der Waals surface area contributed by atoms with E-state index in [4.69, 9.17) is 0 Å². The first-order valence-electron chi connectivity index (χ1n) is 2.56. The maximum atomic E-state index is 11.7. The molecular formula is C7H3F3. The highest BCUT2D eigenvalue weighted by Crippen LogP contribution is 2.26. The summed E-state index contributed by atoms with van der Waals surface area (Å²) in [5, 5.41) is 0. The van der Waals surface area contributed by atoms with Gasteiger partial charge in [-0.1, -0.05) is 18.2 Å². The van der Waals surface area contributed by atoms with Crippen molar-refractivity contribution in [3.8, 4) is 0 Å². The Kier molecular flexibility index (Phi) is 1.54. The second-order valence-corrected chi connectivity index (χ2v) is 1.71. The van der Waals surface area contributed by atoms with E-state index in [2.05, 4.69) is 6.07 Å². The Labute approximate surface area is 56.3 Å². The fraction of sp³-hybridized carbons (Fsp3) is 0.143. The molecule has 0 saturated heterocycles. The maximum absolute atomic E-state index is 11.7. The molecule has 0 nitrogen and oxygen atoms in total. The quantitative estimate of drug-likeness (QED) is 0.524.